The fraction of sp³-hybridized carbons (Fsp3) is 0.188. The van der Waals surface area contributed by atoms with Crippen molar-refractivity contribution < 1.29 is 5.11 Å². The first-order valence-electron chi connectivity index (χ1n) is 6.33. The molecule has 2 aromatic rings. The number of nitriles is 1. The van der Waals surface area contributed by atoms with Gasteiger partial charge in [-0.15, -0.1) is 0 Å². The summed E-state index contributed by atoms with van der Waals surface area (Å²) in [6, 6.07) is 10.8. The number of rotatable bonds is 3. The highest BCUT2D eigenvalue weighted by Gasteiger charge is 2.14. The third-order valence-corrected chi connectivity index (χ3v) is 4.42. The summed E-state index contributed by atoms with van der Waals surface area (Å²) in [4.78, 5) is 0. The number of anilines is 1. The summed E-state index contributed by atoms with van der Waals surface area (Å²) in [7, 11) is 0. The lowest BCUT2D eigenvalue weighted by atomic mass is 10.0. The Morgan fingerprint density at radius 1 is 1.24 bits per heavy atom. The maximum Gasteiger partial charge on any atom is 0.140 e. The van der Waals surface area contributed by atoms with E-state index in [1.165, 1.54) is 0 Å². The molecule has 0 aromatic heterocycles. The number of phenols is 1. The van der Waals surface area contributed by atoms with E-state index >= 15 is 0 Å². The topological polar surface area (TPSA) is 56.0 Å². The van der Waals surface area contributed by atoms with Gasteiger partial charge in [0.2, 0.25) is 0 Å². The SMILES string of the molecule is Cc1cc(C(C#N)Nc2ccc(Cl)c(Br)c2)cc(C)c1O. The van der Waals surface area contributed by atoms with Crippen LogP contribution in [0.15, 0.2) is 34.8 Å². The normalized spacial score (nSPS) is 11.8. The molecular formula is C16H14BrClN2O. The molecule has 0 bridgehead atoms. The number of benzene rings is 2. The van der Waals surface area contributed by atoms with Gasteiger partial charge in [0.1, 0.15) is 11.8 Å². The number of aromatic hydroxyl groups is 1. The Morgan fingerprint density at radius 2 is 1.86 bits per heavy atom. The molecule has 0 saturated carbocycles. The lowest BCUT2D eigenvalue weighted by Crippen LogP contribution is -2.09. The fourth-order valence-corrected chi connectivity index (χ4v) is 2.60. The molecule has 1 atom stereocenters. The second kappa shape index (κ2) is 6.38. The van der Waals surface area contributed by atoms with Crippen LogP contribution < -0.4 is 5.32 Å². The Balaban J connectivity index is 2.32. The minimum atomic E-state index is -0.504. The number of phenolic OH excluding ortho intramolecular Hbond substituents is 1. The first-order valence-corrected chi connectivity index (χ1v) is 7.50. The van der Waals surface area contributed by atoms with E-state index in [1.54, 1.807) is 6.07 Å². The predicted octanol–water partition coefficient (Wildman–Crippen LogP) is 5.10. The molecule has 0 radical (unpaired) electrons. The number of hydrogen-bond donors (Lipinski definition) is 2. The van der Waals surface area contributed by atoms with E-state index in [4.69, 9.17) is 11.6 Å². The van der Waals surface area contributed by atoms with Crippen molar-refractivity contribution in [2.24, 2.45) is 0 Å². The summed E-state index contributed by atoms with van der Waals surface area (Å²) in [5.41, 5.74) is 3.12. The summed E-state index contributed by atoms with van der Waals surface area (Å²) < 4.78 is 0.768. The standard InChI is InChI=1S/C16H14BrClN2O/c1-9-5-11(6-10(2)16(9)21)15(8-19)20-12-3-4-14(18)13(17)7-12/h3-7,15,20-21H,1-2H3. The van der Waals surface area contributed by atoms with Gasteiger partial charge in [-0.05, 0) is 76.8 Å². The first-order chi connectivity index (χ1) is 9.92. The third-order valence-electron chi connectivity index (χ3n) is 3.21. The number of aryl methyl sites for hydroxylation is 2. The molecule has 21 heavy (non-hydrogen) atoms. The van der Waals surface area contributed by atoms with Crippen LogP contribution in [0.5, 0.6) is 5.75 Å². The molecule has 3 nitrogen and oxygen atoms in total. The van der Waals surface area contributed by atoms with Gasteiger partial charge in [0.25, 0.3) is 0 Å². The average molecular weight is 366 g/mol. The van der Waals surface area contributed by atoms with Crippen LogP contribution in [0, 0.1) is 25.2 Å². The Kier molecular flexibility index (Phi) is 4.76. The number of nitrogens with zero attached hydrogens (tertiary/aromatic N) is 1. The van der Waals surface area contributed by atoms with Gasteiger partial charge in [0, 0.05) is 10.2 Å². The minimum absolute atomic E-state index is 0.268. The third kappa shape index (κ3) is 3.49. The van der Waals surface area contributed by atoms with E-state index in [9.17, 15) is 10.4 Å². The lowest BCUT2D eigenvalue weighted by molar-refractivity contribution is 0.466. The zero-order chi connectivity index (χ0) is 15.6. The van der Waals surface area contributed by atoms with Crippen molar-refractivity contribution in [1.82, 2.24) is 0 Å². The summed E-state index contributed by atoms with van der Waals surface area (Å²) in [5.74, 6) is 0.268. The van der Waals surface area contributed by atoms with Gasteiger partial charge in [-0.2, -0.15) is 5.26 Å². The second-order valence-corrected chi connectivity index (χ2v) is 6.10. The zero-order valence-corrected chi connectivity index (χ0v) is 14.0. The largest absolute Gasteiger partial charge is 0.507 e. The van der Waals surface area contributed by atoms with E-state index in [2.05, 4.69) is 27.3 Å². The maximum absolute atomic E-state index is 9.82. The Hall–Kier alpha value is -1.70. The van der Waals surface area contributed by atoms with E-state index in [1.807, 2.05) is 38.1 Å². The molecule has 108 valence electrons. The molecule has 0 fully saturated rings. The van der Waals surface area contributed by atoms with Crippen LogP contribution in [-0.4, -0.2) is 5.11 Å². The number of halogens is 2. The van der Waals surface area contributed by atoms with Crippen molar-refractivity contribution in [2.75, 3.05) is 5.32 Å². The van der Waals surface area contributed by atoms with Crippen LogP contribution in [0.3, 0.4) is 0 Å². The van der Waals surface area contributed by atoms with Gasteiger partial charge in [-0.25, -0.2) is 0 Å². The van der Waals surface area contributed by atoms with Crippen LogP contribution in [-0.2, 0) is 0 Å². The average Bonchev–Trinajstić information content (AvgIpc) is 2.45. The van der Waals surface area contributed by atoms with Gasteiger partial charge >= 0.3 is 0 Å². The van der Waals surface area contributed by atoms with E-state index < -0.39 is 6.04 Å². The molecule has 0 aliphatic heterocycles. The molecule has 2 aromatic carbocycles. The van der Waals surface area contributed by atoms with Crippen LogP contribution in [0.25, 0.3) is 0 Å². The summed E-state index contributed by atoms with van der Waals surface area (Å²) >= 11 is 9.32. The molecule has 2 rings (SSSR count). The molecule has 0 spiro atoms. The van der Waals surface area contributed by atoms with Crippen molar-refractivity contribution >= 4 is 33.2 Å². The molecule has 0 saturated heterocycles. The van der Waals surface area contributed by atoms with Crippen molar-refractivity contribution in [3.05, 3.63) is 56.5 Å². The highest BCUT2D eigenvalue weighted by atomic mass is 79.9. The molecule has 0 aliphatic rings. The highest BCUT2D eigenvalue weighted by Crippen LogP contribution is 2.30. The molecular weight excluding hydrogens is 352 g/mol. The lowest BCUT2D eigenvalue weighted by Gasteiger charge is -2.16. The molecule has 5 heteroatoms. The van der Waals surface area contributed by atoms with Crippen molar-refractivity contribution in [1.29, 1.82) is 5.26 Å². The Morgan fingerprint density at radius 3 is 2.38 bits per heavy atom. The molecule has 0 heterocycles. The van der Waals surface area contributed by atoms with E-state index in [0.29, 0.717) is 5.02 Å². The van der Waals surface area contributed by atoms with Crippen LogP contribution in [0.1, 0.15) is 22.7 Å². The predicted molar refractivity (Wildman–Crippen MR) is 88.7 cm³/mol. The van der Waals surface area contributed by atoms with Gasteiger partial charge in [0.15, 0.2) is 0 Å². The Labute approximate surface area is 137 Å². The summed E-state index contributed by atoms with van der Waals surface area (Å²) in [5, 5.41) is 23.0. The van der Waals surface area contributed by atoms with E-state index in [0.717, 1.165) is 26.9 Å². The number of nitrogens with one attached hydrogen (secondary N) is 1. The molecule has 0 amide bonds. The van der Waals surface area contributed by atoms with Crippen molar-refractivity contribution in [3.8, 4) is 11.8 Å². The smallest absolute Gasteiger partial charge is 0.140 e. The van der Waals surface area contributed by atoms with Crippen LogP contribution >= 0.6 is 27.5 Å². The highest BCUT2D eigenvalue weighted by molar-refractivity contribution is 9.10. The number of hydrogen-bond acceptors (Lipinski definition) is 3. The van der Waals surface area contributed by atoms with Gasteiger partial charge in [0.05, 0.1) is 11.1 Å². The minimum Gasteiger partial charge on any atom is -0.507 e. The van der Waals surface area contributed by atoms with Crippen molar-refractivity contribution in [2.45, 2.75) is 19.9 Å². The molecule has 2 N–H and O–H groups in total. The van der Waals surface area contributed by atoms with Crippen LogP contribution in [0.2, 0.25) is 5.02 Å². The van der Waals surface area contributed by atoms with Gasteiger partial charge < -0.3 is 10.4 Å². The quantitative estimate of drug-likeness (QED) is 0.795. The Bertz CT molecular complexity index is 702. The van der Waals surface area contributed by atoms with Gasteiger partial charge in [-0.1, -0.05) is 11.6 Å². The first kappa shape index (κ1) is 15.7. The van der Waals surface area contributed by atoms with E-state index in [-0.39, 0.29) is 5.75 Å². The van der Waals surface area contributed by atoms with Crippen molar-refractivity contribution in [3.63, 3.8) is 0 Å². The zero-order valence-electron chi connectivity index (χ0n) is 11.6. The van der Waals surface area contributed by atoms with Crippen LogP contribution in [0.4, 0.5) is 5.69 Å². The molecule has 1 unspecified atom stereocenters. The monoisotopic (exact) mass is 364 g/mol. The van der Waals surface area contributed by atoms with Gasteiger partial charge in [-0.3, -0.25) is 0 Å². The fourth-order valence-electron chi connectivity index (χ4n) is 2.10. The maximum atomic E-state index is 9.82. The summed E-state index contributed by atoms with van der Waals surface area (Å²) in [6.45, 7) is 3.64. The molecule has 0 aliphatic carbocycles. The second-order valence-electron chi connectivity index (χ2n) is 4.84. The summed E-state index contributed by atoms with van der Waals surface area (Å²) in [6.07, 6.45) is 0.